The summed E-state index contributed by atoms with van der Waals surface area (Å²) in [6, 6.07) is 16.0. The van der Waals surface area contributed by atoms with Crippen molar-refractivity contribution in [1.29, 1.82) is 0 Å². The van der Waals surface area contributed by atoms with Gasteiger partial charge in [0.2, 0.25) is 0 Å². The summed E-state index contributed by atoms with van der Waals surface area (Å²) < 4.78 is 27.6. The molecule has 1 aliphatic rings. The van der Waals surface area contributed by atoms with Crippen molar-refractivity contribution >= 4 is 38.2 Å². The summed E-state index contributed by atoms with van der Waals surface area (Å²) in [5.41, 5.74) is 1.63. The molecule has 1 aromatic heterocycles. The summed E-state index contributed by atoms with van der Waals surface area (Å²) >= 11 is 5.86. The average Bonchev–Trinajstić information content (AvgIpc) is 3.05. The van der Waals surface area contributed by atoms with Gasteiger partial charge in [-0.05, 0) is 49.2 Å². The fraction of sp³-hybridized carbons (Fsp3) is 0.286. The number of amides is 1. The second-order valence-electron chi connectivity index (χ2n) is 7.14. The third kappa shape index (κ3) is 3.31. The summed E-state index contributed by atoms with van der Waals surface area (Å²) in [6.07, 6.45) is 0.862. The lowest BCUT2D eigenvalue weighted by atomic mass is 10.1. The van der Waals surface area contributed by atoms with Gasteiger partial charge in [-0.15, -0.1) is 0 Å². The van der Waals surface area contributed by atoms with Crippen LogP contribution in [-0.2, 0) is 16.9 Å². The van der Waals surface area contributed by atoms with E-state index in [2.05, 4.69) is 0 Å². The van der Waals surface area contributed by atoms with E-state index >= 15 is 0 Å². The van der Waals surface area contributed by atoms with Crippen LogP contribution >= 0.6 is 11.6 Å². The molecular weight excluding hydrogens is 396 g/mol. The number of likely N-dealkylation sites (tertiary alicyclic amines) is 1. The van der Waals surface area contributed by atoms with Gasteiger partial charge in [-0.1, -0.05) is 29.8 Å². The zero-order chi connectivity index (χ0) is 19.9. The van der Waals surface area contributed by atoms with Crippen LogP contribution in [0.25, 0.3) is 10.9 Å². The van der Waals surface area contributed by atoms with Crippen molar-refractivity contribution in [2.24, 2.45) is 7.05 Å². The highest BCUT2D eigenvalue weighted by molar-refractivity contribution is 7.92. The molecule has 0 radical (unpaired) electrons. The lowest BCUT2D eigenvalue weighted by Crippen LogP contribution is -2.43. The molecule has 1 saturated heterocycles. The maximum absolute atomic E-state index is 13.0. The molecule has 0 atom stereocenters. The number of nitrogens with zero attached hydrogens (tertiary/aromatic N) is 2. The van der Waals surface area contributed by atoms with Crippen LogP contribution in [0.3, 0.4) is 0 Å². The van der Waals surface area contributed by atoms with Crippen molar-refractivity contribution in [2.75, 3.05) is 13.1 Å². The predicted molar refractivity (Wildman–Crippen MR) is 110 cm³/mol. The molecule has 1 fully saturated rings. The first-order chi connectivity index (χ1) is 13.4. The standard InChI is InChI=1S/C21H21ClN2O3S/c1-23-19-5-3-2-4-15(19)14-20(23)21(25)24-12-10-18(11-13-24)28(26,27)17-8-6-16(22)7-9-17/h2-9,14,18H,10-13H2,1H3. The van der Waals surface area contributed by atoms with Gasteiger partial charge in [0.15, 0.2) is 9.84 Å². The number of hydrogen-bond acceptors (Lipinski definition) is 3. The maximum Gasteiger partial charge on any atom is 0.270 e. The molecule has 0 N–H and O–H groups in total. The Balaban J connectivity index is 1.49. The summed E-state index contributed by atoms with van der Waals surface area (Å²) in [5, 5.41) is 1.05. The van der Waals surface area contributed by atoms with Crippen LogP contribution in [0.5, 0.6) is 0 Å². The van der Waals surface area contributed by atoms with Gasteiger partial charge in [0.25, 0.3) is 5.91 Å². The number of carbonyl (C=O) groups is 1. The van der Waals surface area contributed by atoms with E-state index in [9.17, 15) is 13.2 Å². The Morgan fingerprint density at radius 1 is 1.04 bits per heavy atom. The largest absolute Gasteiger partial charge is 0.340 e. The topological polar surface area (TPSA) is 59.4 Å². The molecule has 2 heterocycles. The minimum atomic E-state index is -3.42. The molecule has 0 unspecified atom stereocenters. The highest BCUT2D eigenvalue weighted by Gasteiger charge is 2.33. The Bertz CT molecular complexity index is 1130. The number of benzene rings is 2. The van der Waals surface area contributed by atoms with Gasteiger partial charge in [0.05, 0.1) is 10.1 Å². The van der Waals surface area contributed by atoms with Gasteiger partial charge in [-0.3, -0.25) is 4.79 Å². The number of aryl methyl sites for hydroxylation is 1. The van der Waals surface area contributed by atoms with Crippen LogP contribution in [-0.4, -0.2) is 42.1 Å². The number of rotatable bonds is 3. The number of para-hydroxylation sites is 1. The second-order valence-corrected chi connectivity index (χ2v) is 9.80. The van der Waals surface area contributed by atoms with E-state index < -0.39 is 15.1 Å². The van der Waals surface area contributed by atoms with Crippen LogP contribution in [0.4, 0.5) is 0 Å². The summed E-state index contributed by atoms with van der Waals surface area (Å²) in [7, 11) is -1.54. The Morgan fingerprint density at radius 2 is 1.68 bits per heavy atom. The third-order valence-electron chi connectivity index (χ3n) is 5.48. The fourth-order valence-corrected chi connectivity index (χ4v) is 5.70. The number of fused-ring (bicyclic) bond motifs is 1. The van der Waals surface area contributed by atoms with E-state index in [1.54, 1.807) is 29.2 Å². The molecule has 0 saturated carbocycles. The van der Waals surface area contributed by atoms with Crippen molar-refractivity contribution in [1.82, 2.24) is 9.47 Å². The quantitative estimate of drug-likeness (QED) is 0.650. The summed E-state index contributed by atoms with van der Waals surface area (Å²) in [5.74, 6) is -0.0546. The summed E-state index contributed by atoms with van der Waals surface area (Å²) in [4.78, 5) is 15.0. The number of hydrogen-bond donors (Lipinski definition) is 0. The fourth-order valence-electron chi connectivity index (χ4n) is 3.84. The smallest absolute Gasteiger partial charge is 0.270 e. The van der Waals surface area contributed by atoms with E-state index in [0.717, 1.165) is 10.9 Å². The van der Waals surface area contributed by atoms with Crippen molar-refractivity contribution in [2.45, 2.75) is 23.0 Å². The SMILES string of the molecule is Cn1c(C(=O)N2CCC(S(=O)(=O)c3ccc(Cl)cc3)CC2)cc2ccccc21. The number of carbonyl (C=O) groups excluding carboxylic acids is 1. The molecule has 0 aliphatic carbocycles. The number of halogens is 1. The Kier molecular flexibility index (Phi) is 4.93. The first-order valence-electron chi connectivity index (χ1n) is 9.21. The first-order valence-corrected chi connectivity index (χ1v) is 11.1. The van der Waals surface area contributed by atoms with Crippen molar-refractivity contribution in [3.63, 3.8) is 0 Å². The molecule has 7 heteroatoms. The van der Waals surface area contributed by atoms with Crippen LogP contribution in [0, 0.1) is 0 Å². The van der Waals surface area contributed by atoms with Crippen LogP contribution in [0.1, 0.15) is 23.3 Å². The lowest BCUT2D eigenvalue weighted by Gasteiger charge is -2.31. The van der Waals surface area contributed by atoms with Crippen molar-refractivity contribution in [3.05, 3.63) is 65.3 Å². The number of piperidine rings is 1. The van der Waals surface area contributed by atoms with Gasteiger partial charge in [0.1, 0.15) is 5.69 Å². The van der Waals surface area contributed by atoms with E-state index in [1.807, 2.05) is 41.9 Å². The zero-order valence-corrected chi connectivity index (χ0v) is 17.1. The molecule has 2 aromatic carbocycles. The van der Waals surface area contributed by atoms with E-state index in [-0.39, 0.29) is 10.8 Å². The van der Waals surface area contributed by atoms with Crippen LogP contribution in [0.15, 0.2) is 59.5 Å². The number of aromatic nitrogens is 1. The molecule has 4 rings (SSSR count). The second kappa shape index (κ2) is 7.26. The molecule has 3 aromatic rings. The third-order valence-corrected chi connectivity index (χ3v) is 8.01. The lowest BCUT2D eigenvalue weighted by molar-refractivity contribution is 0.0716. The molecule has 1 aliphatic heterocycles. The van der Waals surface area contributed by atoms with E-state index in [1.165, 1.54) is 0 Å². The maximum atomic E-state index is 13.0. The van der Waals surface area contributed by atoms with Gasteiger partial charge >= 0.3 is 0 Å². The Morgan fingerprint density at radius 3 is 2.32 bits per heavy atom. The summed E-state index contributed by atoms with van der Waals surface area (Å²) in [6.45, 7) is 0.857. The van der Waals surface area contributed by atoms with Crippen molar-refractivity contribution < 1.29 is 13.2 Å². The molecule has 5 nitrogen and oxygen atoms in total. The Hall–Kier alpha value is -2.31. The molecule has 0 spiro atoms. The monoisotopic (exact) mass is 416 g/mol. The molecule has 28 heavy (non-hydrogen) atoms. The molecular formula is C21H21ClN2O3S. The highest BCUT2D eigenvalue weighted by atomic mass is 35.5. The van der Waals surface area contributed by atoms with Gasteiger partial charge in [0, 0.05) is 36.1 Å². The average molecular weight is 417 g/mol. The molecule has 0 bridgehead atoms. The van der Waals surface area contributed by atoms with Gasteiger partial charge in [-0.2, -0.15) is 0 Å². The van der Waals surface area contributed by atoms with Crippen LogP contribution < -0.4 is 0 Å². The molecule has 1 amide bonds. The predicted octanol–water partition coefficient (Wildman–Crippen LogP) is 3.91. The van der Waals surface area contributed by atoms with E-state index in [4.69, 9.17) is 11.6 Å². The molecule has 146 valence electrons. The van der Waals surface area contributed by atoms with Crippen LogP contribution in [0.2, 0.25) is 5.02 Å². The first kappa shape index (κ1) is 19.0. The highest BCUT2D eigenvalue weighted by Crippen LogP contribution is 2.27. The van der Waals surface area contributed by atoms with Gasteiger partial charge in [-0.25, -0.2) is 8.42 Å². The minimum absolute atomic E-state index is 0.0546. The van der Waals surface area contributed by atoms with E-state index in [0.29, 0.717) is 36.6 Å². The number of sulfone groups is 1. The normalized spacial score (nSPS) is 15.9. The van der Waals surface area contributed by atoms with Crippen molar-refractivity contribution in [3.8, 4) is 0 Å². The Labute approximate surface area is 169 Å². The minimum Gasteiger partial charge on any atom is -0.340 e. The van der Waals surface area contributed by atoms with Gasteiger partial charge < -0.3 is 9.47 Å². The zero-order valence-electron chi connectivity index (χ0n) is 15.5.